The fourth-order valence-electron chi connectivity index (χ4n) is 3.18. The maximum absolute atomic E-state index is 2.71. The molecule has 0 saturated heterocycles. The van der Waals surface area contributed by atoms with E-state index in [1.165, 1.54) is 63.6 Å². The van der Waals surface area contributed by atoms with Gasteiger partial charge in [0.05, 0.1) is 0 Å². The van der Waals surface area contributed by atoms with Gasteiger partial charge in [-0.1, -0.05) is 56.5 Å². The summed E-state index contributed by atoms with van der Waals surface area (Å²) < 4.78 is 0. The number of nitrogens with zero attached hydrogens (tertiary/aromatic N) is 1. The molecule has 1 heteroatoms. The van der Waals surface area contributed by atoms with Crippen molar-refractivity contribution in [3.8, 4) is 0 Å². The molecule has 100 valence electrons. The minimum absolute atomic E-state index is 0.875. The van der Waals surface area contributed by atoms with Crippen LogP contribution in [0.5, 0.6) is 0 Å². The third-order valence-corrected chi connectivity index (χ3v) is 4.25. The van der Waals surface area contributed by atoms with Crippen LogP contribution < -0.4 is 0 Å². The summed E-state index contributed by atoms with van der Waals surface area (Å²) in [7, 11) is 0. The average molecular weight is 245 g/mol. The number of hydrogen-bond donors (Lipinski definition) is 0. The van der Waals surface area contributed by atoms with Crippen molar-refractivity contribution in [2.24, 2.45) is 0 Å². The van der Waals surface area contributed by atoms with Crippen LogP contribution in [0.15, 0.2) is 30.3 Å². The quantitative estimate of drug-likeness (QED) is 0.723. The highest BCUT2D eigenvalue weighted by Gasteiger charge is 2.18. The minimum Gasteiger partial charge on any atom is -0.301 e. The highest BCUT2D eigenvalue weighted by Crippen LogP contribution is 2.22. The van der Waals surface area contributed by atoms with Crippen molar-refractivity contribution in [3.05, 3.63) is 35.9 Å². The zero-order valence-corrected chi connectivity index (χ0v) is 11.8. The van der Waals surface area contributed by atoms with E-state index in [0.717, 1.165) is 6.04 Å². The standard InChI is InChI=1S/C17H27N/c1-2-18(17-13-7-4-8-14-17)15-9-12-16-10-5-3-6-11-16/h3,5-6,10-11,17H,2,4,7-9,12-15H2,1H3. The summed E-state index contributed by atoms with van der Waals surface area (Å²) in [6.45, 7) is 4.81. The van der Waals surface area contributed by atoms with E-state index >= 15 is 0 Å². The normalized spacial score (nSPS) is 17.2. The lowest BCUT2D eigenvalue weighted by atomic mass is 9.94. The zero-order valence-electron chi connectivity index (χ0n) is 11.8. The minimum atomic E-state index is 0.875. The Morgan fingerprint density at radius 1 is 1.06 bits per heavy atom. The predicted octanol–water partition coefficient (Wildman–Crippen LogP) is 4.27. The Labute approximate surface area is 112 Å². The van der Waals surface area contributed by atoms with Gasteiger partial charge < -0.3 is 4.90 Å². The molecule has 0 heterocycles. The number of benzene rings is 1. The highest BCUT2D eigenvalue weighted by molar-refractivity contribution is 5.14. The molecule has 0 radical (unpaired) electrons. The molecule has 18 heavy (non-hydrogen) atoms. The first-order valence-corrected chi connectivity index (χ1v) is 7.68. The average Bonchev–Trinajstić information content (AvgIpc) is 2.46. The molecule has 0 aliphatic heterocycles. The van der Waals surface area contributed by atoms with Crippen LogP contribution in [0.3, 0.4) is 0 Å². The van der Waals surface area contributed by atoms with Crippen molar-refractivity contribution < 1.29 is 0 Å². The van der Waals surface area contributed by atoms with Gasteiger partial charge in [0.2, 0.25) is 0 Å². The van der Waals surface area contributed by atoms with Crippen molar-refractivity contribution in [1.29, 1.82) is 0 Å². The van der Waals surface area contributed by atoms with E-state index in [1.807, 2.05) is 0 Å². The van der Waals surface area contributed by atoms with E-state index < -0.39 is 0 Å². The molecule has 0 bridgehead atoms. The first-order chi connectivity index (χ1) is 8.90. The van der Waals surface area contributed by atoms with Crippen LogP contribution in [0.2, 0.25) is 0 Å². The van der Waals surface area contributed by atoms with Gasteiger partial charge in [-0.15, -0.1) is 0 Å². The first-order valence-electron chi connectivity index (χ1n) is 7.68. The topological polar surface area (TPSA) is 3.24 Å². The molecule has 1 aliphatic rings. The summed E-state index contributed by atoms with van der Waals surface area (Å²) in [6.07, 6.45) is 9.73. The van der Waals surface area contributed by atoms with Gasteiger partial charge in [-0.25, -0.2) is 0 Å². The molecule has 1 aliphatic carbocycles. The molecule has 1 fully saturated rings. The lowest BCUT2D eigenvalue weighted by Gasteiger charge is -2.33. The van der Waals surface area contributed by atoms with E-state index in [1.54, 1.807) is 0 Å². The monoisotopic (exact) mass is 245 g/mol. The fraction of sp³-hybridized carbons (Fsp3) is 0.647. The zero-order chi connectivity index (χ0) is 12.6. The van der Waals surface area contributed by atoms with Crippen molar-refractivity contribution in [2.45, 2.75) is 57.9 Å². The molecule has 0 spiro atoms. The van der Waals surface area contributed by atoms with E-state index in [9.17, 15) is 0 Å². The highest BCUT2D eigenvalue weighted by atomic mass is 15.1. The van der Waals surface area contributed by atoms with Crippen LogP contribution in [-0.2, 0) is 6.42 Å². The molecular formula is C17H27N. The van der Waals surface area contributed by atoms with Crippen LogP contribution in [0.4, 0.5) is 0 Å². The van der Waals surface area contributed by atoms with Crippen LogP contribution in [0, 0.1) is 0 Å². The first kappa shape index (κ1) is 13.6. The third kappa shape index (κ3) is 4.13. The Bertz CT molecular complexity index is 314. The summed E-state index contributed by atoms with van der Waals surface area (Å²) >= 11 is 0. The SMILES string of the molecule is CCN(CCCc1ccccc1)C1CCCCC1. The predicted molar refractivity (Wildman–Crippen MR) is 78.9 cm³/mol. The molecular weight excluding hydrogens is 218 g/mol. The van der Waals surface area contributed by atoms with Crippen LogP contribution in [-0.4, -0.2) is 24.0 Å². The molecule has 2 rings (SSSR count). The maximum Gasteiger partial charge on any atom is 0.00951 e. The maximum atomic E-state index is 2.71. The molecule has 1 aromatic rings. The number of hydrogen-bond acceptors (Lipinski definition) is 1. The Morgan fingerprint density at radius 3 is 2.44 bits per heavy atom. The van der Waals surface area contributed by atoms with Crippen molar-refractivity contribution in [1.82, 2.24) is 4.90 Å². The van der Waals surface area contributed by atoms with Crippen molar-refractivity contribution in [2.75, 3.05) is 13.1 Å². The van der Waals surface area contributed by atoms with Gasteiger partial charge in [0.15, 0.2) is 0 Å². The molecule has 1 aromatic carbocycles. The van der Waals surface area contributed by atoms with Gasteiger partial charge in [0.25, 0.3) is 0 Å². The molecule has 0 amide bonds. The smallest absolute Gasteiger partial charge is 0.00951 e. The third-order valence-electron chi connectivity index (χ3n) is 4.25. The summed E-state index contributed by atoms with van der Waals surface area (Å²) in [5, 5.41) is 0. The number of aryl methyl sites for hydroxylation is 1. The van der Waals surface area contributed by atoms with Gasteiger partial charge in [-0.3, -0.25) is 0 Å². The fourth-order valence-corrected chi connectivity index (χ4v) is 3.18. The van der Waals surface area contributed by atoms with Gasteiger partial charge in [0, 0.05) is 6.04 Å². The lowest BCUT2D eigenvalue weighted by Crippen LogP contribution is -2.37. The molecule has 0 atom stereocenters. The van der Waals surface area contributed by atoms with E-state index in [4.69, 9.17) is 0 Å². The lowest BCUT2D eigenvalue weighted by molar-refractivity contribution is 0.162. The second kappa shape index (κ2) is 7.58. The molecule has 1 nitrogen and oxygen atoms in total. The van der Waals surface area contributed by atoms with Crippen LogP contribution in [0.25, 0.3) is 0 Å². The number of rotatable bonds is 6. The molecule has 1 saturated carbocycles. The van der Waals surface area contributed by atoms with Gasteiger partial charge in [-0.05, 0) is 44.3 Å². The summed E-state index contributed by atoms with van der Waals surface area (Å²) in [5.74, 6) is 0. The van der Waals surface area contributed by atoms with Gasteiger partial charge >= 0.3 is 0 Å². The van der Waals surface area contributed by atoms with Gasteiger partial charge in [0.1, 0.15) is 0 Å². The molecule has 0 aromatic heterocycles. The van der Waals surface area contributed by atoms with Crippen molar-refractivity contribution >= 4 is 0 Å². The Balaban J connectivity index is 1.73. The summed E-state index contributed by atoms with van der Waals surface area (Å²) in [5.41, 5.74) is 1.48. The Hall–Kier alpha value is -0.820. The second-order valence-corrected chi connectivity index (χ2v) is 5.51. The van der Waals surface area contributed by atoms with E-state index in [-0.39, 0.29) is 0 Å². The molecule has 0 unspecified atom stereocenters. The molecule has 0 N–H and O–H groups in total. The largest absolute Gasteiger partial charge is 0.301 e. The summed E-state index contributed by atoms with van der Waals surface area (Å²) in [4.78, 5) is 2.71. The van der Waals surface area contributed by atoms with Crippen LogP contribution in [0.1, 0.15) is 51.0 Å². The van der Waals surface area contributed by atoms with E-state index in [2.05, 4.69) is 42.2 Å². The van der Waals surface area contributed by atoms with Gasteiger partial charge in [-0.2, -0.15) is 0 Å². The summed E-state index contributed by atoms with van der Waals surface area (Å²) in [6, 6.07) is 11.8. The van der Waals surface area contributed by atoms with E-state index in [0.29, 0.717) is 0 Å². The Morgan fingerprint density at radius 2 is 1.78 bits per heavy atom. The van der Waals surface area contributed by atoms with Crippen molar-refractivity contribution in [3.63, 3.8) is 0 Å². The Kier molecular flexibility index (Phi) is 5.73. The van der Waals surface area contributed by atoms with Crippen LogP contribution >= 0.6 is 0 Å². The second-order valence-electron chi connectivity index (χ2n) is 5.51.